The number of rotatable bonds is 23. The molecule has 2 atom stereocenters. The van der Waals surface area contributed by atoms with Crippen LogP contribution in [0.25, 0.3) is 0 Å². The summed E-state index contributed by atoms with van der Waals surface area (Å²) < 4.78 is 26.0. The van der Waals surface area contributed by atoms with E-state index in [9.17, 15) is 24.2 Å². The third-order valence-corrected chi connectivity index (χ3v) is 5.82. The van der Waals surface area contributed by atoms with Crippen LogP contribution in [0.5, 0.6) is 0 Å². The number of aliphatic hydroxyl groups is 1. The predicted molar refractivity (Wildman–Crippen MR) is 137 cm³/mol. The first-order valence-corrected chi connectivity index (χ1v) is 14.3. The van der Waals surface area contributed by atoms with Crippen molar-refractivity contribution in [3.05, 3.63) is 24.3 Å². The van der Waals surface area contributed by atoms with Gasteiger partial charge in [-0.3, -0.25) is 18.6 Å². The average molecular weight is 520 g/mol. The normalized spacial score (nSPS) is 14.3. The fourth-order valence-electron chi connectivity index (χ4n) is 2.92. The van der Waals surface area contributed by atoms with Gasteiger partial charge in [0.05, 0.1) is 13.2 Å². The van der Waals surface area contributed by atoms with Gasteiger partial charge in [0.1, 0.15) is 12.7 Å². The quantitative estimate of drug-likeness (QED) is 0.0746. The van der Waals surface area contributed by atoms with E-state index in [0.717, 1.165) is 51.4 Å². The van der Waals surface area contributed by atoms with Crippen molar-refractivity contribution in [3.8, 4) is 0 Å². The number of esters is 1. The maximum Gasteiger partial charge on any atom is 0.472 e. The van der Waals surface area contributed by atoms with Crippen LogP contribution in [-0.2, 0) is 27.9 Å². The highest BCUT2D eigenvalue weighted by molar-refractivity contribution is 7.47. The molecule has 0 saturated heterocycles. The summed E-state index contributed by atoms with van der Waals surface area (Å²) in [7, 11) is -4.38. The SMILES string of the molecule is CCC/C=C\C/C=C\CCCCCCCC(=O)NCCOP(=O)(O)OCC(O)COC(=O)CCC. The summed E-state index contributed by atoms with van der Waals surface area (Å²) in [6, 6.07) is 0. The number of phosphoric acid groups is 1. The molecule has 204 valence electrons. The highest BCUT2D eigenvalue weighted by Gasteiger charge is 2.23. The van der Waals surface area contributed by atoms with Crippen molar-refractivity contribution in [3.63, 3.8) is 0 Å². The van der Waals surface area contributed by atoms with Crippen LogP contribution in [0.4, 0.5) is 0 Å². The van der Waals surface area contributed by atoms with E-state index in [4.69, 9.17) is 9.26 Å². The molecule has 1 amide bonds. The molecule has 0 aromatic heterocycles. The van der Waals surface area contributed by atoms with Crippen molar-refractivity contribution in [1.82, 2.24) is 5.32 Å². The smallest absolute Gasteiger partial charge is 0.463 e. The third kappa shape index (κ3) is 24.0. The molecule has 0 aliphatic rings. The van der Waals surface area contributed by atoms with Gasteiger partial charge in [-0.25, -0.2) is 4.57 Å². The van der Waals surface area contributed by atoms with Gasteiger partial charge in [0, 0.05) is 19.4 Å². The van der Waals surface area contributed by atoms with Crippen LogP contribution in [-0.4, -0.2) is 54.3 Å². The number of amides is 1. The third-order valence-electron chi connectivity index (χ3n) is 4.84. The number of phosphoric ester groups is 1. The first-order valence-electron chi connectivity index (χ1n) is 12.8. The molecular weight excluding hydrogens is 473 g/mol. The van der Waals surface area contributed by atoms with Crippen LogP contribution < -0.4 is 5.32 Å². The van der Waals surface area contributed by atoms with Gasteiger partial charge in [-0.15, -0.1) is 0 Å². The van der Waals surface area contributed by atoms with Gasteiger partial charge in [-0.2, -0.15) is 0 Å². The Morgan fingerprint density at radius 3 is 2.29 bits per heavy atom. The van der Waals surface area contributed by atoms with E-state index in [0.29, 0.717) is 12.8 Å². The molecule has 3 N–H and O–H groups in total. The number of ether oxygens (including phenoxy) is 1. The molecule has 0 aliphatic carbocycles. The molecule has 0 fully saturated rings. The molecule has 0 radical (unpaired) electrons. The number of hydrogen-bond acceptors (Lipinski definition) is 7. The molecule has 0 aliphatic heterocycles. The topological polar surface area (TPSA) is 131 Å². The van der Waals surface area contributed by atoms with E-state index >= 15 is 0 Å². The van der Waals surface area contributed by atoms with Crippen LogP contribution in [0.1, 0.15) is 90.9 Å². The predicted octanol–water partition coefficient (Wildman–Crippen LogP) is 4.97. The van der Waals surface area contributed by atoms with E-state index in [1.807, 2.05) is 6.92 Å². The van der Waals surface area contributed by atoms with Gasteiger partial charge >= 0.3 is 13.8 Å². The van der Waals surface area contributed by atoms with Crippen LogP contribution in [0.3, 0.4) is 0 Å². The van der Waals surface area contributed by atoms with E-state index < -0.39 is 26.5 Å². The lowest BCUT2D eigenvalue weighted by Gasteiger charge is -2.15. The van der Waals surface area contributed by atoms with E-state index in [-0.39, 0.29) is 32.1 Å². The zero-order valence-electron chi connectivity index (χ0n) is 21.5. The Labute approximate surface area is 210 Å². The average Bonchev–Trinajstić information content (AvgIpc) is 2.82. The van der Waals surface area contributed by atoms with Gasteiger partial charge in [-0.1, -0.05) is 63.8 Å². The largest absolute Gasteiger partial charge is 0.472 e. The summed E-state index contributed by atoms with van der Waals surface area (Å²) in [4.78, 5) is 32.7. The summed E-state index contributed by atoms with van der Waals surface area (Å²) in [6.45, 7) is 3.01. The van der Waals surface area contributed by atoms with Crippen LogP contribution in [0.15, 0.2) is 24.3 Å². The van der Waals surface area contributed by atoms with Crippen molar-refractivity contribution in [2.45, 2.75) is 97.0 Å². The molecule has 0 heterocycles. The second kappa shape index (κ2) is 22.9. The maximum atomic E-state index is 11.8. The lowest BCUT2D eigenvalue weighted by atomic mass is 10.1. The highest BCUT2D eigenvalue weighted by atomic mass is 31.2. The Kier molecular flexibility index (Phi) is 21.9. The maximum absolute atomic E-state index is 11.8. The summed E-state index contributed by atoms with van der Waals surface area (Å²) in [6.07, 6.45) is 18.5. The summed E-state index contributed by atoms with van der Waals surface area (Å²) in [5.41, 5.74) is 0. The van der Waals surface area contributed by atoms with E-state index in [1.165, 1.54) is 6.42 Å². The minimum atomic E-state index is -4.38. The molecule has 0 bridgehead atoms. The summed E-state index contributed by atoms with van der Waals surface area (Å²) >= 11 is 0. The van der Waals surface area contributed by atoms with Crippen molar-refractivity contribution in [2.24, 2.45) is 0 Å². The highest BCUT2D eigenvalue weighted by Crippen LogP contribution is 2.42. The molecule has 0 aromatic carbocycles. The van der Waals surface area contributed by atoms with Crippen molar-refractivity contribution < 1.29 is 37.9 Å². The number of aliphatic hydroxyl groups excluding tert-OH is 1. The first kappa shape index (κ1) is 33.5. The molecule has 2 unspecified atom stereocenters. The van der Waals surface area contributed by atoms with E-state index in [1.54, 1.807) is 0 Å². The monoisotopic (exact) mass is 519 g/mol. The molecule has 0 saturated carbocycles. The Bertz CT molecular complexity index is 653. The number of carbonyl (C=O) groups excluding carboxylic acids is 2. The summed E-state index contributed by atoms with van der Waals surface area (Å²) in [5.74, 6) is -0.592. The Balaban J connectivity index is 3.65. The fourth-order valence-corrected chi connectivity index (χ4v) is 3.68. The van der Waals surface area contributed by atoms with Crippen molar-refractivity contribution >= 4 is 19.7 Å². The van der Waals surface area contributed by atoms with Crippen molar-refractivity contribution in [2.75, 3.05) is 26.4 Å². The summed E-state index contributed by atoms with van der Waals surface area (Å²) in [5, 5.41) is 12.3. The molecule has 35 heavy (non-hydrogen) atoms. The number of nitrogens with one attached hydrogen (secondary N) is 1. The van der Waals surface area contributed by atoms with Crippen LogP contribution >= 0.6 is 7.82 Å². The Morgan fingerprint density at radius 1 is 0.886 bits per heavy atom. The van der Waals surface area contributed by atoms with Gasteiger partial charge < -0.3 is 20.1 Å². The molecule has 0 spiro atoms. The fraction of sp³-hybridized carbons (Fsp3) is 0.760. The van der Waals surface area contributed by atoms with Crippen LogP contribution in [0.2, 0.25) is 0 Å². The Morgan fingerprint density at radius 2 is 1.57 bits per heavy atom. The minimum Gasteiger partial charge on any atom is -0.463 e. The van der Waals surface area contributed by atoms with Gasteiger partial charge in [0.15, 0.2) is 0 Å². The second-order valence-corrected chi connectivity index (χ2v) is 9.76. The standard InChI is InChI=1S/C25H46NO8P/c1-3-5-6-7-8-9-10-11-12-13-14-15-16-18-24(28)26-19-20-33-35(30,31)34-22-23(27)21-32-25(29)17-4-2/h6-7,9-10,23,27H,3-5,8,11-22H2,1-2H3,(H,26,28)(H,30,31)/b7-6-,10-9-. The molecule has 0 rings (SSSR count). The molecule has 9 nitrogen and oxygen atoms in total. The van der Waals surface area contributed by atoms with E-state index in [2.05, 4.69) is 41.1 Å². The van der Waals surface area contributed by atoms with Gasteiger partial charge in [-0.05, 0) is 38.5 Å². The molecule has 0 aromatic rings. The molecule has 10 heteroatoms. The van der Waals surface area contributed by atoms with Crippen LogP contribution in [0, 0.1) is 0 Å². The van der Waals surface area contributed by atoms with Gasteiger partial charge in [0.25, 0.3) is 0 Å². The number of allylic oxidation sites excluding steroid dienone is 4. The van der Waals surface area contributed by atoms with Crippen molar-refractivity contribution in [1.29, 1.82) is 0 Å². The first-order chi connectivity index (χ1) is 16.8. The zero-order chi connectivity index (χ0) is 26.2. The number of unbranched alkanes of at least 4 members (excludes halogenated alkanes) is 6. The second-order valence-electron chi connectivity index (χ2n) is 8.31. The number of hydrogen-bond donors (Lipinski definition) is 3. The number of carbonyl (C=O) groups is 2. The minimum absolute atomic E-state index is 0.0733. The Hall–Kier alpha value is -1.51. The zero-order valence-corrected chi connectivity index (χ0v) is 22.4. The van der Waals surface area contributed by atoms with Gasteiger partial charge in [0.2, 0.25) is 5.91 Å². The lowest BCUT2D eigenvalue weighted by molar-refractivity contribution is -0.147. The lowest BCUT2D eigenvalue weighted by Crippen LogP contribution is -2.27. The molecular formula is C25H46NO8P.